The van der Waals surface area contributed by atoms with Gasteiger partial charge < -0.3 is 10.1 Å². The van der Waals surface area contributed by atoms with Crippen LogP contribution in [0, 0.1) is 13.8 Å². The zero-order valence-electron chi connectivity index (χ0n) is 16.5. The molecule has 1 aliphatic rings. The quantitative estimate of drug-likeness (QED) is 0.663. The maximum absolute atomic E-state index is 13.0. The van der Waals surface area contributed by atoms with Gasteiger partial charge in [-0.05, 0) is 44.9 Å². The molecule has 9 heteroatoms. The van der Waals surface area contributed by atoms with Gasteiger partial charge >= 0.3 is 5.97 Å². The zero-order valence-corrected chi connectivity index (χ0v) is 18.9. The number of aryl methyl sites for hydroxylation is 1. The van der Waals surface area contributed by atoms with Crippen LogP contribution in [0.5, 0.6) is 0 Å². The fraction of sp³-hybridized carbons (Fsp3) is 0.400. The van der Waals surface area contributed by atoms with Gasteiger partial charge in [-0.3, -0.25) is 4.79 Å². The minimum absolute atomic E-state index is 0.0599. The number of hydrogen-bond acceptors (Lipinski definition) is 7. The number of hydrogen-bond donors (Lipinski definition) is 1. The largest absolute Gasteiger partial charge is 0.462 e. The molecule has 0 aliphatic carbocycles. The predicted octanol–water partition coefficient (Wildman–Crippen LogP) is 4.07. The van der Waals surface area contributed by atoms with Crippen molar-refractivity contribution in [3.8, 4) is 0 Å². The number of amides is 1. The van der Waals surface area contributed by atoms with Crippen LogP contribution in [-0.4, -0.2) is 43.7 Å². The van der Waals surface area contributed by atoms with Crippen molar-refractivity contribution >= 4 is 49.8 Å². The van der Waals surface area contributed by atoms with Crippen LogP contribution in [0.15, 0.2) is 29.2 Å². The molecule has 1 amide bonds. The summed E-state index contributed by atoms with van der Waals surface area (Å²) in [4.78, 5) is 27.0. The van der Waals surface area contributed by atoms with Gasteiger partial charge in [0.2, 0.25) is 0 Å². The van der Waals surface area contributed by atoms with Crippen LogP contribution in [0.1, 0.15) is 44.5 Å². The lowest BCUT2D eigenvalue weighted by atomic mass is 10.1. The van der Waals surface area contributed by atoms with E-state index in [9.17, 15) is 18.0 Å². The Morgan fingerprint density at radius 2 is 2.00 bits per heavy atom. The van der Waals surface area contributed by atoms with Gasteiger partial charge in [0.25, 0.3) is 5.91 Å². The van der Waals surface area contributed by atoms with E-state index in [2.05, 4.69) is 5.32 Å². The number of thiophene rings is 1. The molecule has 6 nitrogen and oxygen atoms in total. The standard InChI is InChI=1S/C20H23NO5S3/c1-4-26-20(23)17-12(2)13(3)27-19(17)21-18(22)15-7-5-6-8-16(15)28-14-9-10-29(24,25)11-14/h5-8,14H,4,9-11H2,1-3H3,(H,21,22)/t14-/m1/s1. The Morgan fingerprint density at radius 3 is 2.66 bits per heavy atom. The predicted molar refractivity (Wildman–Crippen MR) is 117 cm³/mol. The van der Waals surface area contributed by atoms with Gasteiger partial charge in [0.15, 0.2) is 9.84 Å². The van der Waals surface area contributed by atoms with Gasteiger partial charge in [0.1, 0.15) is 5.00 Å². The molecule has 1 N–H and O–H groups in total. The molecule has 3 rings (SSSR count). The Morgan fingerprint density at radius 1 is 1.28 bits per heavy atom. The average Bonchev–Trinajstić information content (AvgIpc) is 3.14. The number of ether oxygens (including phenoxy) is 1. The molecule has 0 radical (unpaired) electrons. The third-order valence-electron chi connectivity index (χ3n) is 4.71. The minimum Gasteiger partial charge on any atom is -0.462 e. The van der Waals surface area contributed by atoms with Crippen molar-refractivity contribution < 1.29 is 22.7 Å². The molecule has 1 fully saturated rings. The highest BCUT2D eigenvalue weighted by atomic mass is 32.2. The van der Waals surface area contributed by atoms with E-state index in [1.54, 1.807) is 19.1 Å². The number of benzene rings is 1. The average molecular weight is 454 g/mol. The second kappa shape index (κ2) is 8.89. The number of sulfone groups is 1. The molecule has 0 spiro atoms. The monoisotopic (exact) mass is 453 g/mol. The van der Waals surface area contributed by atoms with Gasteiger partial charge in [0.05, 0.1) is 29.2 Å². The second-order valence-electron chi connectivity index (χ2n) is 6.80. The smallest absolute Gasteiger partial charge is 0.341 e. The van der Waals surface area contributed by atoms with E-state index < -0.39 is 15.8 Å². The highest BCUT2D eigenvalue weighted by molar-refractivity contribution is 8.02. The maximum atomic E-state index is 13.0. The fourth-order valence-electron chi connectivity index (χ4n) is 3.12. The Labute approximate surface area is 179 Å². The van der Waals surface area contributed by atoms with E-state index in [-0.39, 0.29) is 29.3 Å². The molecule has 1 aliphatic heterocycles. The topological polar surface area (TPSA) is 89.5 Å². The molecule has 1 aromatic heterocycles. The van der Waals surface area contributed by atoms with Gasteiger partial charge in [-0.15, -0.1) is 23.1 Å². The molecule has 2 aromatic rings. The third-order valence-corrected chi connectivity index (χ3v) is 9.16. The first-order valence-corrected chi connectivity index (χ1v) is 12.8. The first kappa shape index (κ1) is 21.9. The molecule has 1 aromatic carbocycles. The van der Waals surface area contributed by atoms with Crippen molar-refractivity contribution in [3.05, 3.63) is 45.8 Å². The van der Waals surface area contributed by atoms with Crippen LogP contribution < -0.4 is 5.32 Å². The lowest BCUT2D eigenvalue weighted by Crippen LogP contribution is -2.16. The molecule has 29 heavy (non-hydrogen) atoms. The molecule has 1 saturated heterocycles. The zero-order chi connectivity index (χ0) is 21.2. The number of esters is 1. The summed E-state index contributed by atoms with van der Waals surface area (Å²) in [6, 6.07) is 7.12. The van der Waals surface area contributed by atoms with Crippen LogP contribution in [0.2, 0.25) is 0 Å². The summed E-state index contributed by atoms with van der Waals surface area (Å²) >= 11 is 2.76. The van der Waals surface area contributed by atoms with E-state index >= 15 is 0 Å². The van der Waals surface area contributed by atoms with Crippen LogP contribution in [0.3, 0.4) is 0 Å². The van der Waals surface area contributed by atoms with E-state index in [4.69, 9.17) is 4.74 Å². The van der Waals surface area contributed by atoms with Crippen LogP contribution >= 0.6 is 23.1 Å². The first-order valence-electron chi connectivity index (χ1n) is 9.26. The Kier molecular flexibility index (Phi) is 6.70. The van der Waals surface area contributed by atoms with Crippen molar-refractivity contribution in [2.75, 3.05) is 23.4 Å². The fourth-order valence-corrected chi connectivity index (χ4v) is 7.79. The second-order valence-corrected chi connectivity index (χ2v) is 11.6. The Hall–Kier alpha value is -1.84. The molecular formula is C20H23NO5S3. The highest BCUT2D eigenvalue weighted by Crippen LogP contribution is 2.36. The van der Waals surface area contributed by atoms with Crippen LogP contribution in [-0.2, 0) is 14.6 Å². The molecule has 0 unspecified atom stereocenters. The van der Waals surface area contributed by atoms with Crippen molar-refractivity contribution in [1.29, 1.82) is 0 Å². The number of carbonyl (C=O) groups excluding carboxylic acids is 2. The van der Waals surface area contributed by atoms with Gasteiger partial charge in [0, 0.05) is 15.0 Å². The number of carbonyl (C=O) groups is 2. The Bertz CT molecular complexity index is 1040. The van der Waals surface area contributed by atoms with Crippen LogP contribution in [0.25, 0.3) is 0 Å². The lowest BCUT2D eigenvalue weighted by Gasteiger charge is -2.13. The van der Waals surface area contributed by atoms with E-state index in [0.29, 0.717) is 22.5 Å². The molecule has 1 atom stereocenters. The lowest BCUT2D eigenvalue weighted by molar-refractivity contribution is 0.0527. The number of rotatable bonds is 6. The molecule has 2 heterocycles. The first-order chi connectivity index (χ1) is 13.7. The molecular weight excluding hydrogens is 430 g/mol. The summed E-state index contributed by atoms with van der Waals surface area (Å²) in [5, 5.41) is 3.26. The maximum Gasteiger partial charge on any atom is 0.341 e. The molecule has 156 valence electrons. The van der Waals surface area contributed by atoms with Crippen molar-refractivity contribution in [2.45, 2.75) is 37.3 Å². The summed E-state index contributed by atoms with van der Waals surface area (Å²) in [5.41, 5.74) is 1.64. The van der Waals surface area contributed by atoms with E-state index in [1.807, 2.05) is 26.0 Å². The summed E-state index contributed by atoms with van der Waals surface area (Å²) < 4.78 is 28.6. The highest BCUT2D eigenvalue weighted by Gasteiger charge is 2.30. The number of thioether (sulfide) groups is 1. The van der Waals surface area contributed by atoms with Crippen molar-refractivity contribution in [3.63, 3.8) is 0 Å². The van der Waals surface area contributed by atoms with Gasteiger partial charge in [-0.2, -0.15) is 0 Å². The van der Waals surface area contributed by atoms with E-state index in [0.717, 1.165) is 15.3 Å². The normalized spacial score (nSPS) is 17.8. The Balaban J connectivity index is 1.84. The van der Waals surface area contributed by atoms with Gasteiger partial charge in [-0.25, -0.2) is 13.2 Å². The summed E-state index contributed by atoms with van der Waals surface area (Å²) in [7, 11) is -2.99. The number of anilines is 1. The summed E-state index contributed by atoms with van der Waals surface area (Å²) in [6.07, 6.45) is 0.583. The molecule has 0 bridgehead atoms. The molecule has 0 saturated carbocycles. The van der Waals surface area contributed by atoms with Crippen molar-refractivity contribution in [2.24, 2.45) is 0 Å². The summed E-state index contributed by atoms with van der Waals surface area (Å²) in [5.74, 6) is -0.469. The number of nitrogens with one attached hydrogen (secondary N) is 1. The van der Waals surface area contributed by atoms with Crippen molar-refractivity contribution in [1.82, 2.24) is 0 Å². The van der Waals surface area contributed by atoms with Gasteiger partial charge in [-0.1, -0.05) is 12.1 Å². The van der Waals surface area contributed by atoms with Crippen LogP contribution in [0.4, 0.5) is 5.00 Å². The summed E-state index contributed by atoms with van der Waals surface area (Å²) in [6.45, 7) is 5.71. The van der Waals surface area contributed by atoms with E-state index in [1.165, 1.54) is 23.1 Å². The minimum atomic E-state index is -2.99. The third kappa shape index (κ3) is 5.02. The SMILES string of the molecule is CCOC(=O)c1c(NC(=O)c2ccccc2S[C@@H]2CCS(=O)(=O)C2)sc(C)c1C.